The maximum Gasteiger partial charge on any atom is 0.238 e. The van der Waals surface area contributed by atoms with Gasteiger partial charge in [0, 0.05) is 0 Å². The number of aromatic nitrogens is 2. The fraction of sp³-hybridized carbons (Fsp3) is 0.111. The first-order valence-corrected chi connectivity index (χ1v) is 4.56. The number of halogens is 1. The first-order chi connectivity index (χ1) is 7.27. The number of hydrogen-bond acceptors (Lipinski definition) is 5. The molecule has 2 aromatic heterocycles. The molecule has 0 aromatic carbocycles. The third-order valence-electron chi connectivity index (χ3n) is 1.72. The van der Waals surface area contributed by atoms with Crippen LogP contribution in [0.3, 0.4) is 0 Å². The van der Waals surface area contributed by atoms with Gasteiger partial charge in [-0.25, -0.2) is 9.97 Å². The number of rotatable bonds is 3. The van der Waals surface area contributed by atoms with E-state index >= 15 is 0 Å². The highest BCUT2D eigenvalue weighted by atomic mass is 35.5. The van der Waals surface area contributed by atoms with E-state index in [1.54, 1.807) is 18.4 Å². The van der Waals surface area contributed by atoms with Gasteiger partial charge >= 0.3 is 0 Å². The summed E-state index contributed by atoms with van der Waals surface area (Å²) < 4.78 is 10.4. The van der Waals surface area contributed by atoms with E-state index in [0.717, 1.165) is 0 Å². The second-order valence-electron chi connectivity index (χ2n) is 2.75. The Kier molecular flexibility index (Phi) is 2.73. The van der Waals surface area contributed by atoms with Gasteiger partial charge in [-0.1, -0.05) is 11.6 Å². The van der Waals surface area contributed by atoms with Crippen LogP contribution in [-0.4, -0.2) is 9.97 Å². The van der Waals surface area contributed by atoms with E-state index in [1.165, 1.54) is 6.33 Å². The predicted octanol–water partition coefficient (Wildman–Crippen LogP) is 1.88. The second-order valence-corrected chi connectivity index (χ2v) is 3.12. The second kappa shape index (κ2) is 4.18. The van der Waals surface area contributed by atoms with Crippen molar-refractivity contribution in [1.29, 1.82) is 0 Å². The van der Waals surface area contributed by atoms with Crippen LogP contribution in [0.15, 0.2) is 29.1 Å². The van der Waals surface area contributed by atoms with Crippen LogP contribution in [0.25, 0.3) is 0 Å². The van der Waals surface area contributed by atoms with Gasteiger partial charge in [0.25, 0.3) is 0 Å². The van der Waals surface area contributed by atoms with Crippen molar-refractivity contribution in [1.82, 2.24) is 9.97 Å². The molecule has 0 amide bonds. The number of ether oxygens (including phenoxy) is 1. The zero-order valence-electron chi connectivity index (χ0n) is 7.68. The van der Waals surface area contributed by atoms with Gasteiger partial charge in [0.05, 0.1) is 6.26 Å². The third-order valence-corrected chi connectivity index (χ3v) is 2.07. The Hall–Kier alpha value is -1.75. The van der Waals surface area contributed by atoms with Crippen molar-refractivity contribution in [3.05, 3.63) is 35.5 Å². The molecule has 6 heteroatoms. The molecule has 2 aromatic rings. The number of nitrogens with zero attached hydrogens (tertiary/aromatic N) is 2. The molecule has 0 fully saturated rings. The maximum atomic E-state index is 5.83. The van der Waals surface area contributed by atoms with Crippen LogP contribution < -0.4 is 10.5 Å². The lowest BCUT2D eigenvalue weighted by Crippen LogP contribution is -2.00. The van der Waals surface area contributed by atoms with E-state index < -0.39 is 0 Å². The molecule has 2 heterocycles. The van der Waals surface area contributed by atoms with E-state index in [-0.39, 0.29) is 23.3 Å². The van der Waals surface area contributed by atoms with E-state index in [2.05, 4.69) is 9.97 Å². The zero-order chi connectivity index (χ0) is 10.7. The largest absolute Gasteiger partial charge is 0.468 e. The van der Waals surface area contributed by atoms with Crippen LogP contribution >= 0.6 is 11.6 Å². The highest BCUT2D eigenvalue weighted by molar-refractivity contribution is 6.33. The average Bonchev–Trinajstić information content (AvgIpc) is 2.73. The summed E-state index contributed by atoms with van der Waals surface area (Å²) in [5.74, 6) is 1.13. The molecular weight excluding hydrogens is 218 g/mol. The average molecular weight is 226 g/mol. The summed E-state index contributed by atoms with van der Waals surface area (Å²) in [5.41, 5.74) is 5.48. The number of furan rings is 1. The molecule has 0 saturated heterocycles. The molecule has 0 atom stereocenters. The van der Waals surface area contributed by atoms with Gasteiger partial charge in [-0.15, -0.1) is 0 Å². The lowest BCUT2D eigenvalue weighted by molar-refractivity contribution is 0.260. The topological polar surface area (TPSA) is 74.2 Å². The van der Waals surface area contributed by atoms with Crippen LogP contribution in [0.1, 0.15) is 5.76 Å². The van der Waals surface area contributed by atoms with E-state index in [1.807, 2.05) is 0 Å². The normalized spacial score (nSPS) is 10.2. The number of nitrogens with two attached hydrogens (primary N) is 1. The number of anilines is 1. The minimum absolute atomic E-state index is 0.195. The molecule has 5 nitrogen and oxygen atoms in total. The van der Waals surface area contributed by atoms with E-state index in [4.69, 9.17) is 26.5 Å². The molecule has 0 saturated carbocycles. The van der Waals surface area contributed by atoms with Crippen molar-refractivity contribution in [3.8, 4) is 5.88 Å². The van der Waals surface area contributed by atoms with Crippen LogP contribution in [0, 0.1) is 0 Å². The first kappa shape index (κ1) is 9.79. The molecule has 2 rings (SSSR count). The predicted molar refractivity (Wildman–Crippen MR) is 54.5 cm³/mol. The monoisotopic (exact) mass is 225 g/mol. The Morgan fingerprint density at radius 3 is 3.07 bits per heavy atom. The molecule has 2 N–H and O–H groups in total. The molecule has 0 aliphatic rings. The van der Waals surface area contributed by atoms with E-state index in [0.29, 0.717) is 5.76 Å². The standard InChI is InChI=1S/C9H8ClN3O2/c10-7-8(11)12-5-13-9(7)15-4-6-2-1-3-14-6/h1-3,5H,4H2,(H2,11,12,13). The lowest BCUT2D eigenvalue weighted by Gasteiger charge is -2.05. The molecule has 0 unspecified atom stereocenters. The zero-order valence-corrected chi connectivity index (χ0v) is 8.44. The van der Waals surface area contributed by atoms with Crippen molar-refractivity contribution in [2.45, 2.75) is 6.61 Å². The highest BCUT2D eigenvalue weighted by Crippen LogP contribution is 2.25. The minimum Gasteiger partial charge on any atom is -0.468 e. The van der Waals surface area contributed by atoms with Gasteiger partial charge in [0.15, 0.2) is 0 Å². The molecular formula is C9H8ClN3O2. The van der Waals surface area contributed by atoms with Gasteiger partial charge in [-0.05, 0) is 12.1 Å². The SMILES string of the molecule is Nc1ncnc(OCc2ccco2)c1Cl. The Labute approximate surface area is 90.8 Å². The summed E-state index contributed by atoms with van der Waals surface area (Å²) >= 11 is 5.83. The summed E-state index contributed by atoms with van der Waals surface area (Å²) in [6.45, 7) is 0.253. The number of hydrogen-bond donors (Lipinski definition) is 1. The summed E-state index contributed by atoms with van der Waals surface area (Å²) in [4.78, 5) is 7.57. The Balaban J connectivity index is 2.08. The van der Waals surface area contributed by atoms with Gasteiger partial charge in [-0.3, -0.25) is 0 Å². The molecule has 0 radical (unpaired) electrons. The Morgan fingerprint density at radius 1 is 1.47 bits per heavy atom. The Bertz CT molecular complexity index is 445. The fourth-order valence-corrected chi connectivity index (χ4v) is 1.15. The van der Waals surface area contributed by atoms with Crippen LogP contribution in [0.5, 0.6) is 5.88 Å². The van der Waals surface area contributed by atoms with Gasteiger partial charge in [0.1, 0.15) is 29.5 Å². The fourth-order valence-electron chi connectivity index (χ4n) is 1.00. The first-order valence-electron chi connectivity index (χ1n) is 4.18. The summed E-state index contributed by atoms with van der Waals surface area (Å²) in [6.07, 6.45) is 2.85. The van der Waals surface area contributed by atoms with Crippen LogP contribution in [0.2, 0.25) is 5.02 Å². The minimum atomic E-state index is 0.195. The third kappa shape index (κ3) is 2.19. The quantitative estimate of drug-likeness (QED) is 0.863. The maximum absolute atomic E-state index is 5.83. The van der Waals surface area contributed by atoms with Crippen molar-refractivity contribution >= 4 is 17.4 Å². The molecule has 0 spiro atoms. The number of nitrogen functional groups attached to an aromatic ring is 1. The molecule has 78 valence electrons. The van der Waals surface area contributed by atoms with Crippen LogP contribution in [-0.2, 0) is 6.61 Å². The molecule has 0 aliphatic carbocycles. The smallest absolute Gasteiger partial charge is 0.238 e. The van der Waals surface area contributed by atoms with Gasteiger partial charge < -0.3 is 14.9 Å². The van der Waals surface area contributed by atoms with Gasteiger partial charge in [-0.2, -0.15) is 0 Å². The molecule has 15 heavy (non-hydrogen) atoms. The van der Waals surface area contributed by atoms with E-state index in [9.17, 15) is 0 Å². The van der Waals surface area contributed by atoms with Crippen molar-refractivity contribution < 1.29 is 9.15 Å². The lowest BCUT2D eigenvalue weighted by atomic mass is 10.5. The Morgan fingerprint density at radius 2 is 2.33 bits per heavy atom. The summed E-state index contributed by atoms with van der Waals surface area (Å²) in [5, 5.41) is 0.212. The molecule has 0 aliphatic heterocycles. The van der Waals surface area contributed by atoms with Crippen molar-refractivity contribution in [2.75, 3.05) is 5.73 Å². The van der Waals surface area contributed by atoms with Crippen molar-refractivity contribution in [2.24, 2.45) is 0 Å². The highest BCUT2D eigenvalue weighted by Gasteiger charge is 2.08. The van der Waals surface area contributed by atoms with Crippen molar-refractivity contribution in [3.63, 3.8) is 0 Å². The van der Waals surface area contributed by atoms with Gasteiger partial charge in [0.2, 0.25) is 5.88 Å². The van der Waals surface area contributed by atoms with Crippen LogP contribution in [0.4, 0.5) is 5.82 Å². The summed E-state index contributed by atoms with van der Waals surface area (Å²) in [7, 11) is 0. The molecule has 0 bridgehead atoms. The summed E-state index contributed by atoms with van der Waals surface area (Å²) in [6, 6.07) is 3.56.